The Morgan fingerprint density at radius 2 is 1.95 bits per heavy atom. The average molecular weight is 308 g/mol. The third-order valence-electron chi connectivity index (χ3n) is 4.97. The number of hydrogen-bond acceptors (Lipinski definition) is 6. The quantitative estimate of drug-likeness (QED) is 0.822. The SMILES string of the molecule is CCCc1nc(CN2CCCC2CN2CCCC2CO)no1. The molecule has 2 aliphatic rings. The first-order valence-corrected chi connectivity index (χ1v) is 8.70. The van der Waals surface area contributed by atoms with Crippen LogP contribution in [0.4, 0.5) is 0 Å². The molecule has 22 heavy (non-hydrogen) atoms. The summed E-state index contributed by atoms with van der Waals surface area (Å²) in [5.74, 6) is 1.57. The maximum atomic E-state index is 9.48. The van der Waals surface area contributed by atoms with Gasteiger partial charge in [0.05, 0.1) is 13.2 Å². The van der Waals surface area contributed by atoms with Gasteiger partial charge in [0.25, 0.3) is 0 Å². The summed E-state index contributed by atoms with van der Waals surface area (Å²) < 4.78 is 5.29. The van der Waals surface area contributed by atoms with Crippen molar-refractivity contribution in [2.45, 2.75) is 64.1 Å². The van der Waals surface area contributed by atoms with Crippen molar-refractivity contribution in [2.75, 3.05) is 26.2 Å². The van der Waals surface area contributed by atoms with Crippen LogP contribution in [-0.4, -0.2) is 63.4 Å². The summed E-state index contributed by atoms with van der Waals surface area (Å²) in [6.45, 7) is 6.49. The van der Waals surface area contributed by atoms with Crippen molar-refractivity contribution in [3.63, 3.8) is 0 Å². The van der Waals surface area contributed by atoms with Gasteiger partial charge in [-0.25, -0.2) is 0 Å². The van der Waals surface area contributed by atoms with Gasteiger partial charge in [0.15, 0.2) is 5.82 Å². The zero-order valence-electron chi connectivity index (χ0n) is 13.6. The molecule has 0 radical (unpaired) electrons. The predicted molar refractivity (Wildman–Crippen MR) is 83.4 cm³/mol. The van der Waals surface area contributed by atoms with E-state index in [1.54, 1.807) is 0 Å². The van der Waals surface area contributed by atoms with Gasteiger partial charge in [-0.05, 0) is 45.2 Å². The largest absolute Gasteiger partial charge is 0.395 e. The van der Waals surface area contributed by atoms with Crippen molar-refractivity contribution in [2.24, 2.45) is 0 Å². The molecule has 2 fully saturated rings. The fourth-order valence-corrected chi connectivity index (χ4v) is 3.77. The highest BCUT2D eigenvalue weighted by atomic mass is 16.5. The second-order valence-electron chi connectivity index (χ2n) is 6.59. The molecular weight excluding hydrogens is 280 g/mol. The Morgan fingerprint density at radius 3 is 2.73 bits per heavy atom. The van der Waals surface area contributed by atoms with Gasteiger partial charge in [-0.15, -0.1) is 0 Å². The summed E-state index contributed by atoms with van der Waals surface area (Å²) >= 11 is 0. The lowest BCUT2D eigenvalue weighted by molar-refractivity contribution is 0.118. The van der Waals surface area contributed by atoms with E-state index in [2.05, 4.69) is 26.9 Å². The van der Waals surface area contributed by atoms with Gasteiger partial charge >= 0.3 is 0 Å². The summed E-state index contributed by atoms with van der Waals surface area (Å²) in [6.07, 6.45) is 6.71. The Balaban J connectivity index is 1.55. The lowest BCUT2D eigenvalue weighted by Gasteiger charge is -2.30. The highest BCUT2D eigenvalue weighted by Gasteiger charge is 2.31. The van der Waals surface area contributed by atoms with Gasteiger partial charge in [0, 0.05) is 25.0 Å². The van der Waals surface area contributed by atoms with E-state index >= 15 is 0 Å². The topological polar surface area (TPSA) is 65.6 Å². The molecule has 3 heterocycles. The van der Waals surface area contributed by atoms with E-state index in [0.29, 0.717) is 12.1 Å². The fourth-order valence-electron chi connectivity index (χ4n) is 3.77. The maximum absolute atomic E-state index is 9.48. The van der Waals surface area contributed by atoms with Gasteiger partial charge in [-0.3, -0.25) is 9.80 Å². The molecule has 0 amide bonds. The monoisotopic (exact) mass is 308 g/mol. The van der Waals surface area contributed by atoms with Crippen molar-refractivity contribution in [1.82, 2.24) is 19.9 Å². The minimum atomic E-state index is 0.290. The lowest BCUT2D eigenvalue weighted by Crippen LogP contribution is -2.43. The highest BCUT2D eigenvalue weighted by molar-refractivity contribution is 4.92. The Kier molecular flexibility index (Phi) is 5.44. The summed E-state index contributed by atoms with van der Waals surface area (Å²) in [5.41, 5.74) is 0. The maximum Gasteiger partial charge on any atom is 0.226 e. The van der Waals surface area contributed by atoms with Crippen LogP contribution < -0.4 is 0 Å². The predicted octanol–water partition coefficient (Wildman–Crippen LogP) is 1.44. The summed E-state index contributed by atoms with van der Waals surface area (Å²) in [5, 5.41) is 13.6. The molecule has 6 nitrogen and oxygen atoms in total. The Labute approximate surface area is 132 Å². The summed E-state index contributed by atoms with van der Waals surface area (Å²) in [7, 11) is 0. The van der Waals surface area contributed by atoms with Crippen LogP contribution in [0.2, 0.25) is 0 Å². The van der Waals surface area contributed by atoms with E-state index < -0.39 is 0 Å². The van der Waals surface area contributed by atoms with Gasteiger partial charge in [-0.2, -0.15) is 4.98 Å². The highest BCUT2D eigenvalue weighted by Crippen LogP contribution is 2.24. The minimum Gasteiger partial charge on any atom is -0.395 e. The molecule has 0 bridgehead atoms. The van der Waals surface area contributed by atoms with Gasteiger partial charge in [0.2, 0.25) is 5.89 Å². The molecule has 124 valence electrons. The number of aryl methyl sites for hydroxylation is 1. The van der Waals surface area contributed by atoms with Crippen molar-refractivity contribution >= 4 is 0 Å². The van der Waals surface area contributed by atoms with Crippen molar-refractivity contribution in [1.29, 1.82) is 0 Å². The zero-order chi connectivity index (χ0) is 15.4. The van der Waals surface area contributed by atoms with Crippen molar-refractivity contribution in [3.05, 3.63) is 11.7 Å². The van der Waals surface area contributed by atoms with Crippen LogP contribution in [0.15, 0.2) is 4.52 Å². The molecular formula is C16H28N4O2. The van der Waals surface area contributed by atoms with E-state index in [4.69, 9.17) is 4.52 Å². The first-order chi connectivity index (χ1) is 10.8. The molecule has 6 heteroatoms. The molecule has 3 rings (SSSR count). The fraction of sp³-hybridized carbons (Fsp3) is 0.875. The molecule has 1 aromatic heterocycles. The van der Waals surface area contributed by atoms with Crippen LogP contribution in [0.1, 0.15) is 50.7 Å². The van der Waals surface area contributed by atoms with Crippen LogP contribution in [0.25, 0.3) is 0 Å². The normalized spacial score (nSPS) is 27.0. The average Bonchev–Trinajstić information content (AvgIpc) is 3.23. The number of hydrogen-bond donors (Lipinski definition) is 1. The van der Waals surface area contributed by atoms with Crippen molar-refractivity contribution in [3.8, 4) is 0 Å². The molecule has 0 aromatic carbocycles. The standard InChI is InChI=1S/C16H28N4O2/c1-2-5-16-17-15(18-22-16)11-20-9-3-6-13(20)10-19-8-4-7-14(19)12-21/h13-14,21H,2-12H2,1H3. The number of likely N-dealkylation sites (tertiary alicyclic amines) is 2. The molecule has 1 N–H and O–H groups in total. The Hall–Kier alpha value is -0.980. The molecule has 0 aliphatic carbocycles. The van der Waals surface area contributed by atoms with Crippen LogP contribution in [0.3, 0.4) is 0 Å². The number of aliphatic hydroxyl groups is 1. The van der Waals surface area contributed by atoms with Crippen LogP contribution in [-0.2, 0) is 13.0 Å². The number of aromatic nitrogens is 2. The second-order valence-corrected chi connectivity index (χ2v) is 6.59. The molecule has 0 saturated carbocycles. The van der Waals surface area contributed by atoms with Crippen LogP contribution in [0.5, 0.6) is 0 Å². The number of rotatable bonds is 7. The van der Waals surface area contributed by atoms with E-state index in [-0.39, 0.29) is 6.61 Å². The second kappa shape index (κ2) is 7.53. The van der Waals surface area contributed by atoms with Crippen LogP contribution >= 0.6 is 0 Å². The molecule has 2 saturated heterocycles. The van der Waals surface area contributed by atoms with Gasteiger partial charge in [-0.1, -0.05) is 12.1 Å². The molecule has 2 atom stereocenters. The lowest BCUT2D eigenvalue weighted by atomic mass is 10.2. The molecule has 2 unspecified atom stereocenters. The smallest absolute Gasteiger partial charge is 0.226 e. The van der Waals surface area contributed by atoms with Crippen molar-refractivity contribution < 1.29 is 9.63 Å². The molecule has 1 aromatic rings. The van der Waals surface area contributed by atoms with Crippen LogP contribution in [0, 0.1) is 0 Å². The zero-order valence-corrected chi connectivity index (χ0v) is 13.6. The third kappa shape index (κ3) is 3.67. The number of nitrogens with zero attached hydrogens (tertiary/aromatic N) is 4. The summed E-state index contributed by atoms with van der Waals surface area (Å²) in [4.78, 5) is 9.43. The Bertz CT molecular complexity index is 465. The summed E-state index contributed by atoms with van der Waals surface area (Å²) in [6, 6.07) is 0.920. The van der Waals surface area contributed by atoms with Gasteiger partial charge in [0.1, 0.15) is 0 Å². The van der Waals surface area contributed by atoms with E-state index in [1.165, 1.54) is 19.3 Å². The minimum absolute atomic E-state index is 0.290. The van der Waals surface area contributed by atoms with E-state index in [0.717, 1.165) is 57.2 Å². The molecule has 2 aliphatic heterocycles. The first-order valence-electron chi connectivity index (χ1n) is 8.70. The van der Waals surface area contributed by atoms with Gasteiger partial charge < -0.3 is 9.63 Å². The van der Waals surface area contributed by atoms with E-state index in [1.807, 2.05) is 0 Å². The number of aliphatic hydroxyl groups excluding tert-OH is 1. The Morgan fingerprint density at radius 1 is 1.18 bits per heavy atom. The molecule has 0 spiro atoms. The first kappa shape index (κ1) is 15.9. The third-order valence-corrected chi connectivity index (χ3v) is 4.97. The van der Waals surface area contributed by atoms with E-state index in [9.17, 15) is 5.11 Å².